The third kappa shape index (κ3) is 4.64. The van der Waals surface area contributed by atoms with E-state index in [0.29, 0.717) is 33.0 Å². The summed E-state index contributed by atoms with van der Waals surface area (Å²) in [6, 6.07) is 17.3. The number of amides is 1. The van der Waals surface area contributed by atoms with Crippen LogP contribution in [0.25, 0.3) is 17.4 Å². The van der Waals surface area contributed by atoms with Crippen molar-refractivity contribution >= 4 is 45.8 Å². The number of hydrogen-bond donors (Lipinski definition) is 2. The van der Waals surface area contributed by atoms with Gasteiger partial charge in [-0.05, 0) is 66.7 Å². The molecule has 3 heterocycles. The normalized spacial score (nSPS) is 16.3. The molecule has 0 unspecified atom stereocenters. The molecule has 2 aliphatic rings. The number of fused-ring (bicyclic) bond motifs is 1. The molecule has 0 fully saturated rings. The number of carbonyl (C=O) groups is 2. The van der Waals surface area contributed by atoms with Crippen molar-refractivity contribution < 1.29 is 23.8 Å². The van der Waals surface area contributed by atoms with Gasteiger partial charge in [0.2, 0.25) is 5.17 Å². The molecule has 3 aromatic rings. The molecule has 0 saturated heterocycles. The molecule has 35 heavy (non-hydrogen) atoms. The minimum absolute atomic E-state index is 0.0270. The van der Waals surface area contributed by atoms with Crippen LogP contribution >= 0.6 is 11.8 Å². The third-order valence-electron chi connectivity index (χ3n) is 5.16. The number of aliphatic imine (C=N–C) groups is 1. The number of rotatable bonds is 6. The van der Waals surface area contributed by atoms with Crippen molar-refractivity contribution in [2.24, 2.45) is 10.1 Å². The molecule has 2 N–H and O–H groups in total. The highest BCUT2D eigenvalue weighted by molar-refractivity contribution is 8.27. The van der Waals surface area contributed by atoms with Gasteiger partial charge in [0.25, 0.3) is 5.91 Å². The molecular weight excluding hydrogens is 468 g/mol. The number of furan rings is 1. The molecular formula is C25H18N4O5S. The number of hydrogen-bond acceptors (Lipinski definition) is 7. The van der Waals surface area contributed by atoms with E-state index in [9.17, 15) is 14.7 Å². The monoisotopic (exact) mass is 486 g/mol. The van der Waals surface area contributed by atoms with E-state index in [4.69, 9.17) is 14.6 Å². The van der Waals surface area contributed by atoms with Crippen molar-refractivity contribution in [3.63, 3.8) is 0 Å². The Morgan fingerprint density at radius 3 is 2.83 bits per heavy atom. The quantitative estimate of drug-likeness (QED) is 0.485. The first kappa shape index (κ1) is 22.4. The van der Waals surface area contributed by atoms with Gasteiger partial charge >= 0.3 is 5.97 Å². The van der Waals surface area contributed by atoms with Crippen LogP contribution in [0, 0.1) is 12.3 Å². The van der Waals surface area contributed by atoms with E-state index < -0.39 is 11.9 Å². The lowest BCUT2D eigenvalue weighted by Gasteiger charge is -2.19. The second-order valence-corrected chi connectivity index (χ2v) is 8.75. The van der Waals surface area contributed by atoms with E-state index >= 15 is 0 Å². The first-order valence-corrected chi connectivity index (χ1v) is 11.3. The second kappa shape index (κ2) is 9.07. The van der Waals surface area contributed by atoms with E-state index in [1.54, 1.807) is 24.3 Å². The zero-order valence-electron chi connectivity index (χ0n) is 18.4. The van der Waals surface area contributed by atoms with Crippen LogP contribution in [0.3, 0.4) is 0 Å². The topological polar surface area (TPSA) is 129 Å². The van der Waals surface area contributed by atoms with Crippen molar-refractivity contribution in [2.75, 3.05) is 6.61 Å². The third-order valence-corrected chi connectivity index (χ3v) is 6.04. The van der Waals surface area contributed by atoms with Gasteiger partial charge in [-0.2, -0.15) is 15.1 Å². The Morgan fingerprint density at radius 2 is 2.03 bits per heavy atom. The molecule has 1 aromatic heterocycles. The summed E-state index contributed by atoms with van der Waals surface area (Å²) >= 11 is 1.18. The summed E-state index contributed by atoms with van der Waals surface area (Å²) in [5, 5.41) is 24.2. The zero-order valence-corrected chi connectivity index (χ0v) is 19.2. The number of benzene rings is 2. The molecule has 0 spiro atoms. The van der Waals surface area contributed by atoms with E-state index in [1.807, 2.05) is 31.2 Å². The summed E-state index contributed by atoms with van der Waals surface area (Å²) in [6.07, 6.45) is 1.43. The Labute approximate surface area is 203 Å². The average Bonchev–Trinajstić information content (AvgIpc) is 3.48. The Morgan fingerprint density at radius 1 is 1.20 bits per heavy atom. The molecule has 0 atom stereocenters. The number of amidine groups is 2. The van der Waals surface area contributed by atoms with Gasteiger partial charge in [-0.25, -0.2) is 4.79 Å². The zero-order chi connectivity index (χ0) is 24.5. The predicted molar refractivity (Wildman–Crippen MR) is 133 cm³/mol. The van der Waals surface area contributed by atoms with Crippen LogP contribution in [-0.4, -0.2) is 44.6 Å². The van der Waals surface area contributed by atoms with E-state index in [0.717, 1.165) is 5.56 Å². The number of aryl methyl sites for hydroxylation is 1. The average molecular weight is 487 g/mol. The van der Waals surface area contributed by atoms with Crippen LogP contribution in [0.2, 0.25) is 0 Å². The lowest BCUT2D eigenvalue weighted by Crippen LogP contribution is -2.35. The minimum atomic E-state index is -1.04. The van der Waals surface area contributed by atoms with Crippen molar-refractivity contribution in [3.8, 4) is 17.1 Å². The molecule has 10 heteroatoms. The molecule has 1 amide bonds. The molecule has 2 aliphatic heterocycles. The SMILES string of the molecule is Cc1cccc(OCC2=NN3C(=N)/C(=C\c4ccc(-c5cccc(C(=O)O)c5)o4)C(=O)N=C3S2)c1. The number of hydrazone groups is 1. The predicted octanol–water partition coefficient (Wildman–Crippen LogP) is 4.65. The van der Waals surface area contributed by atoms with Crippen LogP contribution in [0.5, 0.6) is 5.75 Å². The number of carboxylic acids is 1. The Balaban J connectivity index is 1.34. The summed E-state index contributed by atoms with van der Waals surface area (Å²) in [7, 11) is 0. The molecule has 174 valence electrons. The fraction of sp³-hybridized carbons (Fsp3) is 0.0800. The highest BCUT2D eigenvalue weighted by Crippen LogP contribution is 2.30. The number of ether oxygens (including phenoxy) is 1. The number of nitrogens with zero attached hydrogens (tertiary/aromatic N) is 3. The summed E-state index contributed by atoms with van der Waals surface area (Å²) in [5.41, 5.74) is 1.82. The van der Waals surface area contributed by atoms with Crippen LogP contribution < -0.4 is 4.74 Å². The highest BCUT2D eigenvalue weighted by atomic mass is 32.2. The molecule has 5 rings (SSSR count). The van der Waals surface area contributed by atoms with Gasteiger partial charge in [0.1, 0.15) is 28.9 Å². The van der Waals surface area contributed by atoms with Crippen LogP contribution in [0.4, 0.5) is 0 Å². The van der Waals surface area contributed by atoms with Crippen molar-refractivity contribution in [3.05, 3.63) is 83.1 Å². The van der Waals surface area contributed by atoms with Crippen molar-refractivity contribution in [1.29, 1.82) is 5.41 Å². The first-order chi connectivity index (χ1) is 16.9. The molecule has 9 nitrogen and oxygen atoms in total. The maximum Gasteiger partial charge on any atom is 0.335 e. The summed E-state index contributed by atoms with van der Waals surface area (Å²) in [4.78, 5) is 27.9. The second-order valence-electron chi connectivity index (χ2n) is 7.71. The van der Waals surface area contributed by atoms with Gasteiger partial charge in [0, 0.05) is 5.56 Å². The van der Waals surface area contributed by atoms with Gasteiger partial charge in [-0.15, -0.1) is 0 Å². The van der Waals surface area contributed by atoms with E-state index in [1.165, 1.54) is 35.0 Å². The molecule has 0 saturated carbocycles. The lowest BCUT2D eigenvalue weighted by molar-refractivity contribution is -0.114. The van der Waals surface area contributed by atoms with E-state index in [2.05, 4.69) is 10.1 Å². The number of nitrogens with one attached hydrogen (secondary N) is 1. The molecule has 2 aromatic carbocycles. The Bertz CT molecular complexity index is 1470. The summed E-state index contributed by atoms with van der Waals surface area (Å²) in [6.45, 7) is 2.15. The van der Waals surface area contributed by atoms with Gasteiger partial charge in [0.15, 0.2) is 5.84 Å². The fourth-order valence-corrected chi connectivity index (χ4v) is 4.27. The van der Waals surface area contributed by atoms with Gasteiger partial charge in [-0.3, -0.25) is 10.2 Å². The Kier molecular flexibility index (Phi) is 5.79. The summed E-state index contributed by atoms with van der Waals surface area (Å²) < 4.78 is 11.6. The van der Waals surface area contributed by atoms with Crippen molar-refractivity contribution in [2.45, 2.75) is 6.92 Å². The Hall–Kier alpha value is -4.44. The largest absolute Gasteiger partial charge is 0.487 e. The van der Waals surface area contributed by atoms with Crippen LogP contribution in [-0.2, 0) is 4.79 Å². The van der Waals surface area contributed by atoms with Gasteiger partial charge in [0.05, 0.1) is 11.1 Å². The highest BCUT2D eigenvalue weighted by Gasteiger charge is 2.36. The molecule has 0 aliphatic carbocycles. The maximum atomic E-state index is 12.6. The van der Waals surface area contributed by atoms with Gasteiger partial charge < -0.3 is 14.3 Å². The number of carbonyl (C=O) groups excluding carboxylic acids is 1. The standard InChI is InChI=1S/C25H18N4O5S/c1-14-4-2-7-17(10-14)33-13-21-28-29-22(26)19(23(30)27-25(29)35-21)12-18-8-9-20(34-18)15-5-3-6-16(11-15)24(31)32/h2-12,26H,13H2,1H3,(H,31,32)/b19-12+,26-22?. The number of carboxylic acid groups (broad SMARTS) is 1. The van der Waals surface area contributed by atoms with Crippen molar-refractivity contribution in [1.82, 2.24) is 5.01 Å². The fourth-order valence-electron chi connectivity index (χ4n) is 3.47. The smallest absolute Gasteiger partial charge is 0.335 e. The molecule has 0 radical (unpaired) electrons. The van der Waals surface area contributed by atoms with Crippen LogP contribution in [0.1, 0.15) is 21.7 Å². The lowest BCUT2D eigenvalue weighted by atomic mass is 10.1. The molecule has 0 bridgehead atoms. The maximum absolute atomic E-state index is 12.6. The summed E-state index contributed by atoms with van der Waals surface area (Å²) in [5.74, 6) is -0.271. The number of thioether (sulfide) groups is 1. The van der Waals surface area contributed by atoms with E-state index in [-0.39, 0.29) is 23.6 Å². The first-order valence-electron chi connectivity index (χ1n) is 10.5. The van der Waals surface area contributed by atoms with Gasteiger partial charge in [-0.1, -0.05) is 24.3 Å². The number of aromatic carboxylic acids is 1. The minimum Gasteiger partial charge on any atom is -0.487 e. The van der Waals surface area contributed by atoms with Crippen LogP contribution in [0.15, 0.2) is 80.7 Å².